The number of guanidine groups is 1. The van der Waals surface area contributed by atoms with Gasteiger partial charge < -0.3 is 10.6 Å². The summed E-state index contributed by atoms with van der Waals surface area (Å²) >= 11 is 3.52. The monoisotopic (exact) mass is 281 g/mol. The zero-order valence-electron chi connectivity index (χ0n) is 9.41. The number of hydrogen-bond acceptors (Lipinski definition) is 1. The number of rotatable bonds is 2. The number of aliphatic imine (C=N–C) groups is 1. The van der Waals surface area contributed by atoms with E-state index < -0.39 is 0 Å². The van der Waals surface area contributed by atoms with Gasteiger partial charge >= 0.3 is 0 Å². The topological polar surface area (TPSA) is 41.6 Å². The average Bonchev–Trinajstić information content (AvgIpc) is 2.17. The van der Waals surface area contributed by atoms with Crippen LogP contribution in [0.3, 0.4) is 0 Å². The number of likely N-dealkylation sites (tertiary alicyclic amines) is 1. The van der Waals surface area contributed by atoms with E-state index in [0.29, 0.717) is 12.5 Å². The highest BCUT2D eigenvalue weighted by molar-refractivity contribution is 9.10. The van der Waals surface area contributed by atoms with Crippen molar-refractivity contribution in [2.75, 3.05) is 13.1 Å². The van der Waals surface area contributed by atoms with Gasteiger partial charge in [0.2, 0.25) is 0 Å². The van der Waals surface area contributed by atoms with E-state index >= 15 is 0 Å². The predicted molar refractivity (Wildman–Crippen MR) is 70.4 cm³/mol. The van der Waals surface area contributed by atoms with Gasteiger partial charge in [-0.2, -0.15) is 0 Å². The molecule has 0 aromatic heterocycles. The highest BCUT2D eigenvalue weighted by Crippen LogP contribution is 2.19. The van der Waals surface area contributed by atoms with E-state index in [1.165, 1.54) is 17.5 Å². The van der Waals surface area contributed by atoms with Gasteiger partial charge in [-0.15, -0.1) is 0 Å². The van der Waals surface area contributed by atoms with Crippen molar-refractivity contribution < 1.29 is 0 Å². The summed E-state index contributed by atoms with van der Waals surface area (Å²) in [5.41, 5.74) is 8.31. The Bertz CT molecular complexity index is 411. The molecule has 1 aliphatic rings. The van der Waals surface area contributed by atoms with Crippen molar-refractivity contribution in [2.24, 2.45) is 10.7 Å². The Morgan fingerprint density at radius 1 is 1.50 bits per heavy atom. The van der Waals surface area contributed by atoms with Crippen LogP contribution in [-0.2, 0) is 6.54 Å². The molecule has 4 heteroatoms. The van der Waals surface area contributed by atoms with Crippen LogP contribution in [0, 0.1) is 6.92 Å². The lowest BCUT2D eigenvalue weighted by molar-refractivity contribution is 0.295. The lowest BCUT2D eigenvalue weighted by atomic mass is 10.1. The van der Waals surface area contributed by atoms with Gasteiger partial charge in [-0.05, 0) is 25.0 Å². The van der Waals surface area contributed by atoms with Gasteiger partial charge in [-0.1, -0.05) is 33.6 Å². The fourth-order valence-corrected chi connectivity index (χ4v) is 2.01. The lowest BCUT2D eigenvalue weighted by Crippen LogP contribution is -2.46. The Kier molecular flexibility index (Phi) is 3.49. The van der Waals surface area contributed by atoms with Crippen LogP contribution < -0.4 is 5.73 Å². The van der Waals surface area contributed by atoms with Crippen molar-refractivity contribution in [3.05, 3.63) is 33.8 Å². The highest BCUT2D eigenvalue weighted by Gasteiger charge is 2.15. The maximum absolute atomic E-state index is 5.88. The molecule has 1 saturated heterocycles. The predicted octanol–water partition coefficient (Wildman–Crippen LogP) is 2.28. The minimum atomic E-state index is 0.643. The standard InChI is InChI=1S/C12H16BrN3/c1-9-3-4-11(13)10(7-9)8-15-12(14)16-5-2-6-16/h3-4,7H,2,5-6,8H2,1H3,(H2,14,15). The smallest absolute Gasteiger partial charge is 0.191 e. The molecule has 1 fully saturated rings. The molecule has 16 heavy (non-hydrogen) atoms. The van der Waals surface area contributed by atoms with E-state index in [4.69, 9.17) is 5.73 Å². The number of aryl methyl sites for hydroxylation is 1. The van der Waals surface area contributed by atoms with Crippen LogP contribution in [0.2, 0.25) is 0 Å². The molecule has 0 unspecified atom stereocenters. The van der Waals surface area contributed by atoms with Crippen molar-refractivity contribution in [3.8, 4) is 0 Å². The molecule has 0 bridgehead atoms. The number of hydrogen-bond donors (Lipinski definition) is 1. The van der Waals surface area contributed by atoms with Crippen LogP contribution in [0.1, 0.15) is 17.5 Å². The molecule has 0 radical (unpaired) electrons. The van der Waals surface area contributed by atoms with Crippen LogP contribution in [-0.4, -0.2) is 23.9 Å². The molecular formula is C12H16BrN3. The van der Waals surface area contributed by atoms with Crippen LogP contribution in [0.4, 0.5) is 0 Å². The third-order valence-electron chi connectivity index (χ3n) is 2.79. The molecule has 0 spiro atoms. The van der Waals surface area contributed by atoms with Crippen molar-refractivity contribution in [3.63, 3.8) is 0 Å². The molecule has 2 N–H and O–H groups in total. The summed E-state index contributed by atoms with van der Waals surface area (Å²) < 4.78 is 1.10. The Balaban J connectivity index is 2.05. The summed E-state index contributed by atoms with van der Waals surface area (Å²) in [5.74, 6) is 0.666. The number of nitrogens with zero attached hydrogens (tertiary/aromatic N) is 2. The second-order valence-corrected chi connectivity index (χ2v) is 4.96. The number of halogens is 1. The summed E-state index contributed by atoms with van der Waals surface area (Å²) in [6, 6.07) is 6.27. The molecule has 1 aromatic rings. The maximum Gasteiger partial charge on any atom is 0.191 e. The van der Waals surface area contributed by atoms with E-state index in [-0.39, 0.29) is 0 Å². The van der Waals surface area contributed by atoms with Gasteiger partial charge in [-0.25, -0.2) is 4.99 Å². The Hall–Kier alpha value is -1.03. The quantitative estimate of drug-likeness (QED) is 0.668. The van der Waals surface area contributed by atoms with E-state index in [1.54, 1.807) is 0 Å². The van der Waals surface area contributed by atoms with Gasteiger partial charge in [0.15, 0.2) is 5.96 Å². The second-order valence-electron chi connectivity index (χ2n) is 4.11. The largest absolute Gasteiger partial charge is 0.370 e. The summed E-state index contributed by atoms with van der Waals surface area (Å²) in [6.45, 7) is 4.82. The molecule has 3 nitrogen and oxygen atoms in total. The molecule has 1 aromatic carbocycles. The number of benzene rings is 1. The molecule has 1 heterocycles. The Morgan fingerprint density at radius 3 is 2.88 bits per heavy atom. The van der Waals surface area contributed by atoms with E-state index in [2.05, 4.69) is 50.9 Å². The molecule has 0 atom stereocenters. The summed E-state index contributed by atoms with van der Waals surface area (Å²) in [4.78, 5) is 6.51. The van der Waals surface area contributed by atoms with E-state index in [9.17, 15) is 0 Å². The van der Waals surface area contributed by atoms with Crippen molar-refractivity contribution in [1.82, 2.24) is 4.90 Å². The van der Waals surface area contributed by atoms with Gasteiger partial charge in [0.05, 0.1) is 6.54 Å². The fraction of sp³-hybridized carbons (Fsp3) is 0.417. The minimum absolute atomic E-state index is 0.643. The van der Waals surface area contributed by atoms with Crippen LogP contribution >= 0.6 is 15.9 Å². The Labute approximate surface area is 104 Å². The molecule has 1 aliphatic heterocycles. The minimum Gasteiger partial charge on any atom is -0.370 e. The Morgan fingerprint density at radius 2 is 2.25 bits per heavy atom. The third-order valence-corrected chi connectivity index (χ3v) is 3.57. The lowest BCUT2D eigenvalue weighted by Gasteiger charge is -2.31. The normalized spacial score (nSPS) is 16.1. The summed E-state index contributed by atoms with van der Waals surface area (Å²) in [7, 11) is 0. The second kappa shape index (κ2) is 4.87. The van der Waals surface area contributed by atoms with Gasteiger partial charge in [0.1, 0.15) is 0 Å². The van der Waals surface area contributed by atoms with E-state index in [0.717, 1.165) is 17.6 Å². The van der Waals surface area contributed by atoms with Crippen molar-refractivity contribution in [1.29, 1.82) is 0 Å². The first kappa shape index (κ1) is 11.5. The fourth-order valence-electron chi connectivity index (χ4n) is 1.64. The molecule has 86 valence electrons. The van der Waals surface area contributed by atoms with Gasteiger partial charge in [-0.3, -0.25) is 0 Å². The zero-order chi connectivity index (χ0) is 11.5. The first-order valence-corrected chi connectivity index (χ1v) is 6.26. The van der Waals surface area contributed by atoms with Crippen LogP contribution in [0.25, 0.3) is 0 Å². The summed E-state index contributed by atoms with van der Waals surface area (Å²) in [5, 5.41) is 0. The third kappa shape index (κ3) is 2.55. The number of nitrogens with two attached hydrogens (primary N) is 1. The zero-order valence-corrected chi connectivity index (χ0v) is 11.0. The SMILES string of the molecule is Cc1ccc(Br)c(CN=C(N)N2CCC2)c1. The molecule has 0 saturated carbocycles. The molecule has 0 aliphatic carbocycles. The van der Waals surface area contributed by atoms with E-state index in [1.807, 2.05) is 0 Å². The first-order valence-electron chi connectivity index (χ1n) is 5.47. The van der Waals surface area contributed by atoms with Crippen LogP contribution in [0.5, 0.6) is 0 Å². The van der Waals surface area contributed by atoms with Crippen molar-refractivity contribution >= 4 is 21.9 Å². The molecule has 2 rings (SSSR count). The van der Waals surface area contributed by atoms with Gasteiger partial charge in [0.25, 0.3) is 0 Å². The first-order chi connectivity index (χ1) is 7.66. The highest BCUT2D eigenvalue weighted by atomic mass is 79.9. The summed E-state index contributed by atoms with van der Waals surface area (Å²) in [6.07, 6.45) is 1.23. The van der Waals surface area contributed by atoms with Crippen LogP contribution in [0.15, 0.2) is 27.7 Å². The van der Waals surface area contributed by atoms with Crippen molar-refractivity contribution in [2.45, 2.75) is 19.9 Å². The molecule has 0 amide bonds. The average molecular weight is 282 g/mol. The van der Waals surface area contributed by atoms with Gasteiger partial charge in [0, 0.05) is 17.6 Å². The molecular weight excluding hydrogens is 266 g/mol. The maximum atomic E-state index is 5.88.